The number of nitro groups is 1. The van der Waals surface area contributed by atoms with E-state index in [1.54, 1.807) is 30.3 Å². The van der Waals surface area contributed by atoms with Crippen LogP contribution >= 0.6 is 0 Å². The van der Waals surface area contributed by atoms with Crippen LogP contribution in [0.2, 0.25) is 0 Å². The molecule has 2 aromatic heterocycles. The Kier molecular flexibility index (Phi) is 8.28. The third-order valence-corrected chi connectivity index (χ3v) is 5.75. The second-order valence-electron chi connectivity index (χ2n) is 8.67. The lowest BCUT2D eigenvalue weighted by Crippen LogP contribution is -2.60. The first-order valence-electron chi connectivity index (χ1n) is 11.9. The average molecular weight is 556 g/mol. The smallest absolute Gasteiger partial charge is 0.303 e. The van der Waals surface area contributed by atoms with Gasteiger partial charge in [0.1, 0.15) is 6.33 Å². The molecular formula is C24H24N6O10. The molecule has 0 radical (unpaired) electrons. The molecule has 1 amide bonds. The predicted octanol–water partition coefficient (Wildman–Crippen LogP) is 1.05. The van der Waals surface area contributed by atoms with Gasteiger partial charge in [-0.05, 0) is 12.1 Å². The minimum Gasteiger partial charge on any atom is -0.455 e. The molecule has 3 aromatic rings. The molecule has 0 bridgehead atoms. The molecule has 1 aliphatic heterocycles. The summed E-state index contributed by atoms with van der Waals surface area (Å²) in [7, 11) is 0. The second-order valence-corrected chi connectivity index (χ2v) is 8.67. The number of hydrogen-bond acceptors (Lipinski definition) is 13. The van der Waals surface area contributed by atoms with Crippen molar-refractivity contribution < 1.29 is 43.0 Å². The fourth-order valence-corrected chi connectivity index (χ4v) is 4.29. The van der Waals surface area contributed by atoms with Crippen molar-refractivity contribution in [2.24, 2.45) is 0 Å². The Morgan fingerprint density at radius 3 is 2.20 bits per heavy atom. The van der Waals surface area contributed by atoms with Crippen molar-refractivity contribution in [2.45, 2.75) is 51.4 Å². The van der Waals surface area contributed by atoms with E-state index in [1.807, 2.05) is 0 Å². The van der Waals surface area contributed by atoms with Crippen molar-refractivity contribution in [3.8, 4) is 0 Å². The number of aromatic nitrogens is 4. The predicted molar refractivity (Wildman–Crippen MR) is 132 cm³/mol. The summed E-state index contributed by atoms with van der Waals surface area (Å²) >= 11 is 0. The van der Waals surface area contributed by atoms with Gasteiger partial charge in [0.15, 0.2) is 47.6 Å². The number of rotatable bonds is 8. The summed E-state index contributed by atoms with van der Waals surface area (Å²) in [5.41, 5.74) is 0.574. The number of imidazole rings is 1. The highest BCUT2D eigenvalue weighted by atomic mass is 16.7. The van der Waals surface area contributed by atoms with Crippen LogP contribution < -0.4 is 5.32 Å². The molecule has 3 heterocycles. The summed E-state index contributed by atoms with van der Waals surface area (Å²) in [6, 6.07) is 8.36. The van der Waals surface area contributed by atoms with E-state index < -0.39 is 65.9 Å². The number of benzene rings is 1. The van der Waals surface area contributed by atoms with Crippen LogP contribution in [0, 0.1) is 10.1 Å². The van der Waals surface area contributed by atoms with Crippen molar-refractivity contribution in [1.82, 2.24) is 19.5 Å². The molecule has 1 aromatic carbocycles. The van der Waals surface area contributed by atoms with Gasteiger partial charge in [0.25, 0.3) is 5.91 Å². The zero-order valence-electron chi connectivity index (χ0n) is 21.5. The first-order valence-corrected chi connectivity index (χ1v) is 11.9. The van der Waals surface area contributed by atoms with Crippen molar-refractivity contribution in [3.63, 3.8) is 0 Å². The highest BCUT2D eigenvalue weighted by Gasteiger charge is 2.54. The van der Waals surface area contributed by atoms with Gasteiger partial charge < -0.3 is 24.3 Å². The van der Waals surface area contributed by atoms with Gasteiger partial charge in [-0.3, -0.25) is 33.9 Å². The number of esters is 3. The number of anilines is 1. The molecule has 210 valence electrons. The Hall–Kier alpha value is -4.99. The molecule has 1 aliphatic rings. The molecule has 0 saturated carbocycles. The van der Waals surface area contributed by atoms with Gasteiger partial charge in [0.2, 0.25) is 6.54 Å². The lowest BCUT2D eigenvalue weighted by atomic mass is 9.96. The van der Waals surface area contributed by atoms with E-state index in [-0.39, 0.29) is 17.0 Å². The number of hydrogen-bond donors (Lipinski definition) is 1. The maximum atomic E-state index is 12.7. The van der Waals surface area contributed by atoms with Gasteiger partial charge >= 0.3 is 17.9 Å². The quantitative estimate of drug-likeness (QED) is 0.178. The van der Waals surface area contributed by atoms with Crippen LogP contribution in [0.5, 0.6) is 0 Å². The molecule has 16 heteroatoms. The normalized spacial score (nSPS) is 22.2. The average Bonchev–Trinajstić information content (AvgIpc) is 3.32. The SMILES string of the molecule is CC(=O)O[C@@H]1[C@@H](OC(C)=O)[C@H](n2cnc3c(NC(=O)c4ccccc4)ncnc32)O[C@H](C[N+](=O)[O-])[C@H]1OC(C)=O. The van der Waals surface area contributed by atoms with Gasteiger partial charge in [-0.25, -0.2) is 15.0 Å². The summed E-state index contributed by atoms with van der Waals surface area (Å²) < 4.78 is 23.3. The molecule has 0 spiro atoms. The Bertz CT molecular complexity index is 1440. The van der Waals surface area contributed by atoms with Crippen LogP contribution in [-0.2, 0) is 33.3 Å². The first-order chi connectivity index (χ1) is 19.0. The number of amides is 1. The summed E-state index contributed by atoms with van der Waals surface area (Å²) in [4.78, 5) is 72.0. The molecule has 0 unspecified atom stereocenters. The topological polar surface area (TPSA) is 204 Å². The van der Waals surface area contributed by atoms with Crippen LogP contribution in [-0.4, -0.2) is 79.2 Å². The highest BCUT2D eigenvalue weighted by molar-refractivity contribution is 6.06. The van der Waals surface area contributed by atoms with Gasteiger partial charge in [0, 0.05) is 31.3 Å². The molecular weight excluding hydrogens is 532 g/mol. The van der Waals surface area contributed by atoms with Crippen molar-refractivity contribution in [2.75, 3.05) is 11.9 Å². The fraction of sp³-hybridized carbons (Fsp3) is 0.375. The van der Waals surface area contributed by atoms with E-state index in [4.69, 9.17) is 18.9 Å². The summed E-state index contributed by atoms with van der Waals surface area (Å²) in [6.07, 6.45) is -4.88. The summed E-state index contributed by atoms with van der Waals surface area (Å²) in [5, 5.41) is 14.1. The van der Waals surface area contributed by atoms with E-state index in [0.717, 1.165) is 27.1 Å². The van der Waals surface area contributed by atoms with Crippen LogP contribution in [0.3, 0.4) is 0 Å². The maximum Gasteiger partial charge on any atom is 0.303 e. The molecule has 1 fully saturated rings. The number of nitrogens with zero attached hydrogens (tertiary/aromatic N) is 5. The third-order valence-electron chi connectivity index (χ3n) is 5.75. The lowest BCUT2D eigenvalue weighted by Gasteiger charge is -2.43. The van der Waals surface area contributed by atoms with E-state index in [2.05, 4.69) is 20.3 Å². The van der Waals surface area contributed by atoms with Gasteiger partial charge in [-0.1, -0.05) is 18.2 Å². The van der Waals surface area contributed by atoms with Crippen LogP contribution in [0.4, 0.5) is 5.82 Å². The minimum absolute atomic E-state index is 0.0496. The van der Waals surface area contributed by atoms with E-state index in [1.165, 1.54) is 10.9 Å². The highest BCUT2D eigenvalue weighted by Crippen LogP contribution is 2.36. The maximum absolute atomic E-state index is 12.7. The molecule has 1 saturated heterocycles. The Morgan fingerprint density at radius 2 is 1.57 bits per heavy atom. The van der Waals surface area contributed by atoms with E-state index >= 15 is 0 Å². The number of ether oxygens (including phenoxy) is 4. The van der Waals surface area contributed by atoms with Crippen molar-refractivity contribution >= 4 is 40.8 Å². The van der Waals surface area contributed by atoms with Gasteiger partial charge in [-0.2, -0.15) is 0 Å². The van der Waals surface area contributed by atoms with Crippen molar-refractivity contribution in [1.29, 1.82) is 0 Å². The minimum atomic E-state index is -1.49. The first kappa shape index (κ1) is 28.0. The van der Waals surface area contributed by atoms with Crippen LogP contribution in [0.1, 0.15) is 37.4 Å². The molecule has 16 nitrogen and oxygen atoms in total. The summed E-state index contributed by atoms with van der Waals surface area (Å²) in [5.74, 6) is -2.89. The monoisotopic (exact) mass is 556 g/mol. The fourth-order valence-electron chi connectivity index (χ4n) is 4.29. The van der Waals surface area contributed by atoms with Crippen molar-refractivity contribution in [3.05, 3.63) is 58.7 Å². The summed E-state index contributed by atoms with van der Waals surface area (Å²) in [6.45, 7) is 2.38. The molecule has 4 rings (SSSR count). The number of carbonyl (C=O) groups excluding carboxylic acids is 4. The van der Waals surface area contributed by atoms with Crippen LogP contribution in [0.25, 0.3) is 11.2 Å². The zero-order valence-corrected chi connectivity index (χ0v) is 21.5. The third kappa shape index (κ3) is 6.17. The van der Waals surface area contributed by atoms with E-state index in [0.29, 0.717) is 5.56 Å². The number of fused-ring (bicyclic) bond motifs is 1. The van der Waals surface area contributed by atoms with Crippen LogP contribution in [0.15, 0.2) is 43.0 Å². The molecule has 40 heavy (non-hydrogen) atoms. The largest absolute Gasteiger partial charge is 0.455 e. The number of carbonyl (C=O) groups is 4. The Labute approximate surface area is 225 Å². The number of nitrogens with one attached hydrogen (secondary N) is 1. The molecule has 0 aliphatic carbocycles. The Balaban J connectivity index is 1.78. The standard InChI is InChI=1S/C24H24N6O10/c1-12(31)37-18-16(9-30(35)36)40-24(20(39-14(3)33)19(18)38-13(2)32)29-11-27-17-21(25-10-26-22(17)29)28-23(34)15-7-5-4-6-8-15/h4-8,10-11,16,18-20,24H,9H2,1-3H3,(H,25,26,28,34)/t16-,18-,19+,20-,24-/m1/s1. The Morgan fingerprint density at radius 1 is 0.950 bits per heavy atom. The van der Waals surface area contributed by atoms with E-state index in [9.17, 15) is 29.3 Å². The van der Waals surface area contributed by atoms with Gasteiger partial charge in [-0.15, -0.1) is 0 Å². The zero-order chi connectivity index (χ0) is 29.0. The second kappa shape index (κ2) is 11.8. The molecule has 1 N–H and O–H groups in total. The molecule has 5 atom stereocenters. The van der Waals surface area contributed by atoms with Gasteiger partial charge in [0.05, 0.1) is 6.33 Å². The lowest BCUT2D eigenvalue weighted by molar-refractivity contribution is -0.500.